The van der Waals surface area contributed by atoms with Crippen LogP contribution in [0.3, 0.4) is 0 Å². The van der Waals surface area contributed by atoms with Crippen molar-refractivity contribution in [2.75, 3.05) is 0 Å². The molecule has 4 aromatic heterocycles. The summed E-state index contributed by atoms with van der Waals surface area (Å²) >= 11 is 0. The molecule has 6 heteroatoms. The quantitative estimate of drug-likeness (QED) is 0.167. The van der Waals surface area contributed by atoms with Gasteiger partial charge in [0.05, 0.1) is 11.0 Å². The lowest BCUT2D eigenvalue weighted by Crippen LogP contribution is -2.06. The van der Waals surface area contributed by atoms with Crippen molar-refractivity contribution in [1.82, 2.24) is 19.5 Å². The van der Waals surface area contributed by atoms with Crippen LogP contribution >= 0.6 is 0 Å². The van der Waals surface area contributed by atoms with Crippen LogP contribution in [0.1, 0.15) is 0 Å². The predicted molar refractivity (Wildman–Crippen MR) is 256 cm³/mol. The van der Waals surface area contributed by atoms with Crippen LogP contribution in [0.25, 0.3) is 128 Å². The summed E-state index contributed by atoms with van der Waals surface area (Å²) in [5.74, 6) is 1.68. The van der Waals surface area contributed by atoms with Gasteiger partial charge in [-0.15, -0.1) is 0 Å². The van der Waals surface area contributed by atoms with E-state index in [9.17, 15) is 0 Å². The largest absolute Gasteiger partial charge is 0.456 e. The highest BCUT2D eigenvalue weighted by molar-refractivity contribution is 6.16. The molecule has 294 valence electrons. The second kappa shape index (κ2) is 14.0. The van der Waals surface area contributed by atoms with Crippen molar-refractivity contribution in [3.63, 3.8) is 0 Å². The van der Waals surface area contributed by atoms with E-state index >= 15 is 0 Å². The highest BCUT2D eigenvalue weighted by Crippen LogP contribution is 2.43. The van der Waals surface area contributed by atoms with Gasteiger partial charge >= 0.3 is 0 Å². The summed E-state index contributed by atoms with van der Waals surface area (Å²) in [7, 11) is 0. The Balaban J connectivity index is 1.02. The van der Waals surface area contributed by atoms with Crippen LogP contribution in [0.2, 0.25) is 0 Å². The zero-order chi connectivity index (χ0) is 41.4. The van der Waals surface area contributed by atoms with Gasteiger partial charge in [0.25, 0.3) is 0 Å². The van der Waals surface area contributed by atoms with E-state index < -0.39 is 0 Å². The van der Waals surface area contributed by atoms with E-state index in [4.69, 9.17) is 23.8 Å². The molecule has 0 unspecified atom stereocenters. The lowest BCUT2D eigenvalue weighted by atomic mass is 9.96. The second-order valence-corrected chi connectivity index (χ2v) is 15.9. The summed E-state index contributed by atoms with van der Waals surface area (Å²) in [6.45, 7) is 0. The second-order valence-electron chi connectivity index (χ2n) is 15.9. The molecule has 0 atom stereocenters. The van der Waals surface area contributed by atoms with Crippen LogP contribution in [-0.2, 0) is 0 Å². The van der Waals surface area contributed by atoms with Gasteiger partial charge < -0.3 is 8.83 Å². The van der Waals surface area contributed by atoms with Crippen molar-refractivity contribution in [2.45, 2.75) is 0 Å². The molecule has 9 aromatic carbocycles. The zero-order valence-electron chi connectivity index (χ0n) is 33.7. The van der Waals surface area contributed by atoms with Gasteiger partial charge in [0, 0.05) is 43.4 Å². The average molecular weight is 807 g/mol. The molecule has 0 saturated carbocycles. The van der Waals surface area contributed by atoms with Crippen LogP contribution in [0.5, 0.6) is 0 Å². The summed E-state index contributed by atoms with van der Waals surface area (Å²) in [5, 5.41) is 6.32. The molecule has 0 saturated heterocycles. The number of fused-ring (bicyclic) bond motifs is 9. The fourth-order valence-corrected chi connectivity index (χ4v) is 9.36. The van der Waals surface area contributed by atoms with Crippen LogP contribution in [0.4, 0.5) is 0 Å². The Morgan fingerprint density at radius 1 is 0.302 bits per heavy atom. The molecule has 4 heterocycles. The minimum Gasteiger partial charge on any atom is -0.456 e. The fourth-order valence-electron chi connectivity index (χ4n) is 9.36. The lowest BCUT2D eigenvalue weighted by Gasteiger charge is -2.11. The molecular formula is C57H34N4O2. The third kappa shape index (κ3) is 5.69. The molecular weight excluding hydrogens is 773 g/mol. The summed E-state index contributed by atoms with van der Waals surface area (Å²) in [6, 6.07) is 71.5. The van der Waals surface area contributed by atoms with Crippen LogP contribution < -0.4 is 0 Å². The summed E-state index contributed by atoms with van der Waals surface area (Å²) in [4.78, 5) is 15.8. The molecule has 0 aliphatic heterocycles. The highest BCUT2D eigenvalue weighted by Gasteiger charge is 2.22. The molecule has 0 aliphatic carbocycles. The zero-order valence-corrected chi connectivity index (χ0v) is 33.7. The maximum atomic E-state index is 6.60. The average Bonchev–Trinajstić information content (AvgIpc) is 4.03. The van der Waals surface area contributed by atoms with Crippen molar-refractivity contribution in [3.8, 4) is 62.1 Å². The standard InChI is InChI=1S/C57H34N4O2/c1-4-14-35(15-5-1)38-26-29-48-44(32-38)42-20-10-11-23-47(42)61(48)57-59-55(37-18-8-3-9-19-37)58-56(60-57)43-22-13-25-52-54(43)46-34-40(28-31-50(46)63-52)41-21-12-24-51-53(41)45-33-39(27-30-49(45)62-51)36-16-6-2-7-17-36/h1-34H. The summed E-state index contributed by atoms with van der Waals surface area (Å²) < 4.78 is 15.2. The summed E-state index contributed by atoms with van der Waals surface area (Å²) in [5.41, 5.74) is 13.8. The third-order valence-electron chi connectivity index (χ3n) is 12.3. The topological polar surface area (TPSA) is 69.9 Å². The Kier molecular flexibility index (Phi) is 7.80. The molecule has 0 aliphatic rings. The normalized spacial score (nSPS) is 11.8. The highest BCUT2D eigenvalue weighted by atomic mass is 16.3. The number of hydrogen-bond acceptors (Lipinski definition) is 5. The smallest absolute Gasteiger partial charge is 0.238 e. The van der Waals surface area contributed by atoms with E-state index in [1.165, 1.54) is 5.56 Å². The van der Waals surface area contributed by atoms with Gasteiger partial charge in [-0.25, -0.2) is 4.98 Å². The number of hydrogen-bond donors (Lipinski definition) is 0. The Morgan fingerprint density at radius 2 is 0.810 bits per heavy atom. The molecule has 0 bridgehead atoms. The van der Waals surface area contributed by atoms with Gasteiger partial charge in [-0.3, -0.25) is 4.57 Å². The van der Waals surface area contributed by atoms with Crippen LogP contribution in [0.15, 0.2) is 215 Å². The Bertz CT molecular complexity index is 3900. The molecule has 13 rings (SSSR count). The molecule has 0 fully saturated rings. The Morgan fingerprint density at radius 3 is 1.49 bits per heavy atom. The number of furan rings is 2. The van der Waals surface area contributed by atoms with Crippen molar-refractivity contribution in [3.05, 3.63) is 206 Å². The van der Waals surface area contributed by atoms with E-state index in [-0.39, 0.29) is 0 Å². The van der Waals surface area contributed by atoms with Gasteiger partial charge in [-0.2, -0.15) is 9.97 Å². The molecule has 13 aromatic rings. The van der Waals surface area contributed by atoms with Crippen LogP contribution in [0, 0.1) is 0 Å². The Labute approximate surface area is 361 Å². The monoisotopic (exact) mass is 806 g/mol. The maximum absolute atomic E-state index is 6.60. The first-order valence-electron chi connectivity index (χ1n) is 21.1. The molecule has 0 spiro atoms. The van der Waals surface area contributed by atoms with Crippen LogP contribution in [-0.4, -0.2) is 19.5 Å². The van der Waals surface area contributed by atoms with E-state index in [0.29, 0.717) is 17.6 Å². The van der Waals surface area contributed by atoms with Crippen molar-refractivity contribution >= 4 is 65.7 Å². The lowest BCUT2D eigenvalue weighted by molar-refractivity contribution is 0.669. The first kappa shape index (κ1) is 35.2. The first-order valence-corrected chi connectivity index (χ1v) is 21.1. The number of para-hydroxylation sites is 1. The third-order valence-corrected chi connectivity index (χ3v) is 12.3. The van der Waals surface area contributed by atoms with E-state index in [1.807, 2.05) is 60.7 Å². The van der Waals surface area contributed by atoms with Crippen molar-refractivity contribution in [1.29, 1.82) is 0 Å². The fraction of sp³-hybridized carbons (Fsp3) is 0. The van der Waals surface area contributed by atoms with Gasteiger partial charge in [-0.1, -0.05) is 152 Å². The number of aromatic nitrogens is 4. The van der Waals surface area contributed by atoms with Crippen molar-refractivity contribution in [2.24, 2.45) is 0 Å². The summed E-state index contributed by atoms with van der Waals surface area (Å²) in [6.07, 6.45) is 0. The van der Waals surface area contributed by atoms with E-state index in [2.05, 4.69) is 150 Å². The SMILES string of the molecule is c1ccc(-c2ccc3oc4cccc(-c5ccc6oc7cccc(-c8nc(-c9ccccc9)nc(-n9c%10ccccc%10c%10cc(-c%11ccccc%11)ccc%109)n8)c7c6c5)c4c3c2)cc1. The van der Waals surface area contributed by atoms with Gasteiger partial charge in [-0.05, 0) is 88.0 Å². The minimum absolute atomic E-state index is 0.538. The molecule has 0 N–H and O–H groups in total. The minimum atomic E-state index is 0.538. The molecule has 0 radical (unpaired) electrons. The molecule has 6 nitrogen and oxygen atoms in total. The van der Waals surface area contributed by atoms with Gasteiger partial charge in [0.1, 0.15) is 22.3 Å². The van der Waals surface area contributed by atoms with E-state index in [0.717, 1.165) is 105 Å². The van der Waals surface area contributed by atoms with Crippen molar-refractivity contribution < 1.29 is 8.83 Å². The molecule has 0 amide bonds. The predicted octanol–water partition coefficient (Wildman–Crippen LogP) is 15.1. The molecule has 63 heavy (non-hydrogen) atoms. The van der Waals surface area contributed by atoms with E-state index in [1.54, 1.807) is 0 Å². The maximum Gasteiger partial charge on any atom is 0.238 e. The number of nitrogens with zero attached hydrogens (tertiary/aromatic N) is 4. The van der Waals surface area contributed by atoms with Gasteiger partial charge in [0.15, 0.2) is 11.6 Å². The Hall–Kier alpha value is -8.61. The first-order chi connectivity index (χ1) is 31.2. The van der Waals surface area contributed by atoms with Gasteiger partial charge in [0.2, 0.25) is 5.95 Å². The number of benzene rings is 9. The number of rotatable bonds is 6.